The number of nitrogens with one attached hydrogen (secondary N) is 2. The molecule has 0 spiro atoms. The first kappa shape index (κ1) is 11.1. The fourth-order valence-electron chi connectivity index (χ4n) is 1.66. The molecule has 2 aromatic heterocycles. The third-order valence-electron chi connectivity index (χ3n) is 2.54. The minimum atomic E-state index is -0.333. The summed E-state index contributed by atoms with van der Waals surface area (Å²) in [5, 5.41) is 8.88. The van der Waals surface area contributed by atoms with E-state index in [0.717, 1.165) is 5.69 Å². The number of nitrogens with zero attached hydrogens (tertiary/aromatic N) is 4. The average Bonchev–Trinajstić information content (AvgIpc) is 3.13. The van der Waals surface area contributed by atoms with Crippen molar-refractivity contribution < 1.29 is 4.79 Å². The van der Waals surface area contributed by atoms with Crippen LogP contribution in [0.3, 0.4) is 0 Å². The number of hydrogen-bond acceptors (Lipinski definition) is 4. The quantitative estimate of drug-likeness (QED) is 0.736. The van der Waals surface area contributed by atoms with Gasteiger partial charge in [0.05, 0.1) is 6.33 Å². The summed E-state index contributed by atoms with van der Waals surface area (Å²) in [4.78, 5) is 19.6. The Bertz CT molecular complexity index is 674. The second-order valence-corrected chi connectivity index (χ2v) is 3.81. The van der Waals surface area contributed by atoms with Crippen LogP contribution in [0.25, 0.3) is 5.69 Å². The standard InChI is InChI=1S/C12H10N6O/c19-12(11-14-7-15-17-11)16-9-2-1-3-10(6-9)18-5-4-13-8-18/h1-8H,(H,16,19)(H,14,15,17). The molecule has 0 radical (unpaired) electrons. The molecule has 7 nitrogen and oxygen atoms in total. The van der Waals surface area contributed by atoms with Crippen molar-refractivity contribution in [1.82, 2.24) is 24.7 Å². The van der Waals surface area contributed by atoms with Crippen LogP contribution in [0.5, 0.6) is 0 Å². The van der Waals surface area contributed by atoms with Crippen LogP contribution < -0.4 is 5.32 Å². The van der Waals surface area contributed by atoms with E-state index in [4.69, 9.17) is 0 Å². The van der Waals surface area contributed by atoms with Gasteiger partial charge in [-0.3, -0.25) is 9.89 Å². The number of imidazole rings is 1. The van der Waals surface area contributed by atoms with Gasteiger partial charge in [-0.15, -0.1) is 0 Å². The number of amides is 1. The van der Waals surface area contributed by atoms with Gasteiger partial charge in [-0.05, 0) is 18.2 Å². The molecule has 1 amide bonds. The molecular formula is C12H10N6O. The van der Waals surface area contributed by atoms with Crippen molar-refractivity contribution >= 4 is 11.6 Å². The summed E-state index contributed by atoms with van der Waals surface area (Å²) in [6, 6.07) is 7.42. The number of anilines is 1. The number of carbonyl (C=O) groups is 1. The molecule has 2 heterocycles. The van der Waals surface area contributed by atoms with Crippen LogP contribution in [0.1, 0.15) is 10.6 Å². The number of aromatic amines is 1. The summed E-state index contributed by atoms with van der Waals surface area (Å²) in [6.07, 6.45) is 6.51. The summed E-state index contributed by atoms with van der Waals surface area (Å²) in [5.74, 6) is -0.159. The Morgan fingerprint density at radius 2 is 2.32 bits per heavy atom. The number of aromatic nitrogens is 5. The van der Waals surface area contributed by atoms with Crippen molar-refractivity contribution in [3.63, 3.8) is 0 Å². The van der Waals surface area contributed by atoms with Crippen LogP contribution in [0.2, 0.25) is 0 Å². The highest BCUT2D eigenvalue weighted by Crippen LogP contribution is 2.14. The van der Waals surface area contributed by atoms with Crippen LogP contribution in [0.15, 0.2) is 49.3 Å². The molecule has 2 N–H and O–H groups in total. The number of carbonyl (C=O) groups excluding carboxylic acids is 1. The SMILES string of the molecule is O=C(Nc1cccc(-n2ccnc2)c1)c1ncn[nH]1. The molecule has 3 rings (SSSR count). The largest absolute Gasteiger partial charge is 0.319 e. The van der Waals surface area contributed by atoms with Gasteiger partial charge < -0.3 is 9.88 Å². The van der Waals surface area contributed by atoms with Gasteiger partial charge in [-0.2, -0.15) is 5.10 Å². The van der Waals surface area contributed by atoms with Crippen LogP contribution >= 0.6 is 0 Å². The molecule has 0 unspecified atom stereocenters. The minimum absolute atomic E-state index is 0.174. The first-order valence-corrected chi connectivity index (χ1v) is 5.58. The van der Waals surface area contributed by atoms with Gasteiger partial charge in [0.15, 0.2) is 0 Å². The number of hydrogen-bond donors (Lipinski definition) is 2. The van der Waals surface area contributed by atoms with Gasteiger partial charge in [-0.1, -0.05) is 6.07 Å². The molecular weight excluding hydrogens is 244 g/mol. The topological polar surface area (TPSA) is 88.5 Å². The number of rotatable bonds is 3. The third kappa shape index (κ3) is 2.34. The third-order valence-corrected chi connectivity index (χ3v) is 2.54. The van der Waals surface area contributed by atoms with E-state index in [1.54, 1.807) is 18.6 Å². The minimum Gasteiger partial charge on any atom is -0.319 e. The normalized spacial score (nSPS) is 10.3. The van der Waals surface area contributed by atoms with Crippen LogP contribution in [0, 0.1) is 0 Å². The fraction of sp³-hybridized carbons (Fsp3) is 0. The predicted molar refractivity (Wildman–Crippen MR) is 67.9 cm³/mol. The van der Waals surface area contributed by atoms with Gasteiger partial charge in [0.2, 0.25) is 5.82 Å². The van der Waals surface area contributed by atoms with E-state index in [2.05, 4.69) is 25.5 Å². The Balaban J connectivity index is 1.82. The number of benzene rings is 1. The lowest BCUT2D eigenvalue weighted by molar-refractivity contribution is 0.101. The molecule has 19 heavy (non-hydrogen) atoms. The Labute approximate surface area is 108 Å². The first-order valence-electron chi connectivity index (χ1n) is 5.58. The molecule has 94 valence electrons. The number of H-pyrrole nitrogens is 1. The predicted octanol–water partition coefficient (Wildman–Crippen LogP) is 1.24. The Morgan fingerprint density at radius 3 is 3.05 bits per heavy atom. The molecule has 0 bridgehead atoms. The molecule has 0 saturated carbocycles. The van der Waals surface area contributed by atoms with Gasteiger partial charge in [0, 0.05) is 23.8 Å². The molecule has 0 saturated heterocycles. The summed E-state index contributed by atoms with van der Waals surface area (Å²) in [5.41, 5.74) is 1.58. The van der Waals surface area contributed by atoms with Gasteiger partial charge in [0.25, 0.3) is 5.91 Å². The zero-order valence-electron chi connectivity index (χ0n) is 9.82. The molecule has 0 aliphatic carbocycles. The Morgan fingerprint density at radius 1 is 1.37 bits per heavy atom. The first-order chi connectivity index (χ1) is 9.33. The van der Waals surface area contributed by atoms with Crippen molar-refractivity contribution in [1.29, 1.82) is 0 Å². The zero-order valence-corrected chi connectivity index (χ0v) is 9.82. The highest BCUT2D eigenvalue weighted by molar-refractivity contribution is 6.01. The highest BCUT2D eigenvalue weighted by atomic mass is 16.2. The van der Waals surface area contributed by atoms with Crippen molar-refractivity contribution in [3.05, 3.63) is 55.1 Å². The molecule has 0 aliphatic heterocycles. The monoisotopic (exact) mass is 254 g/mol. The Kier molecular flexibility index (Phi) is 2.77. The molecule has 0 aliphatic rings. The lowest BCUT2D eigenvalue weighted by Gasteiger charge is -2.06. The van der Waals surface area contributed by atoms with E-state index < -0.39 is 0 Å². The van der Waals surface area contributed by atoms with E-state index in [0.29, 0.717) is 5.69 Å². The van der Waals surface area contributed by atoms with Gasteiger partial charge in [0.1, 0.15) is 6.33 Å². The van der Waals surface area contributed by atoms with E-state index >= 15 is 0 Å². The second kappa shape index (κ2) is 4.73. The van der Waals surface area contributed by atoms with Crippen molar-refractivity contribution in [3.8, 4) is 5.69 Å². The summed E-state index contributed by atoms with van der Waals surface area (Å²) >= 11 is 0. The van der Waals surface area contributed by atoms with Gasteiger partial charge >= 0.3 is 0 Å². The molecule has 1 aromatic carbocycles. The van der Waals surface area contributed by atoms with Crippen molar-refractivity contribution in [2.24, 2.45) is 0 Å². The van der Waals surface area contributed by atoms with E-state index in [-0.39, 0.29) is 11.7 Å². The smallest absolute Gasteiger partial charge is 0.292 e. The highest BCUT2D eigenvalue weighted by Gasteiger charge is 2.09. The maximum atomic E-state index is 11.8. The second-order valence-electron chi connectivity index (χ2n) is 3.81. The lowest BCUT2D eigenvalue weighted by Crippen LogP contribution is -2.13. The summed E-state index contributed by atoms with van der Waals surface area (Å²) in [6.45, 7) is 0. The van der Waals surface area contributed by atoms with Gasteiger partial charge in [-0.25, -0.2) is 9.97 Å². The van der Waals surface area contributed by atoms with E-state index in [1.165, 1.54) is 6.33 Å². The summed E-state index contributed by atoms with van der Waals surface area (Å²) < 4.78 is 1.85. The van der Waals surface area contributed by atoms with Crippen molar-refractivity contribution in [2.75, 3.05) is 5.32 Å². The zero-order chi connectivity index (χ0) is 13.1. The van der Waals surface area contributed by atoms with Crippen LogP contribution in [-0.2, 0) is 0 Å². The molecule has 0 fully saturated rings. The van der Waals surface area contributed by atoms with E-state index in [9.17, 15) is 4.79 Å². The maximum absolute atomic E-state index is 11.8. The summed E-state index contributed by atoms with van der Waals surface area (Å²) in [7, 11) is 0. The van der Waals surface area contributed by atoms with Crippen molar-refractivity contribution in [2.45, 2.75) is 0 Å². The molecule has 3 aromatic rings. The van der Waals surface area contributed by atoms with Crippen LogP contribution in [-0.4, -0.2) is 30.6 Å². The maximum Gasteiger partial charge on any atom is 0.292 e. The Hall–Kier alpha value is -2.96. The lowest BCUT2D eigenvalue weighted by atomic mass is 10.2. The molecule has 7 heteroatoms. The molecule has 0 atom stereocenters. The average molecular weight is 254 g/mol. The van der Waals surface area contributed by atoms with E-state index in [1.807, 2.05) is 29.0 Å². The fourth-order valence-corrected chi connectivity index (χ4v) is 1.66. The van der Waals surface area contributed by atoms with Crippen LogP contribution in [0.4, 0.5) is 5.69 Å².